The van der Waals surface area contributed by atoms with Gasteiger partial charge in [-0.25, -0.2) is 9.37 Å². The lowest BCUT2D eigenvalue weighted by atomic mass is 10.2. The van der Waals surface area contributed by atoms with Crippen LogP contribution in [0.1, 0.15) is 12.5 Å². The molecule has 0 spiro atoms. The van der Waals surface area contributed by atoms with E-state index >= 15 is 0 Å². The lowest BCUT2D eigenvalue weighted by molar-refractivity contribution is -0.384. The van der Waals surface area contributed by atoms with Gasteiger partial charge in [-0.1, -0.05) is 0 Å². The van der Waals surface area contributed by atoms with E-state index in [-0.39, 0.29) is 17.5 Å². The van der Waals surface area contributed by atoms with Gasteiger partial charge in [-0.05, 0) is 25.5 Å². The first-order chi connectivity index (χ1) is 14.3. The van der Waals surface area contributed by atoms with E-state index in [2.05, 4.69) is 20.4 Å². The van der Waals surface area contributed by atoms with Crippen LogP contribution >= 0.6 is 0 Å². The number of aryl methyl sites for hydroxylation is 1. The van der Waals surface area contributed by atoms with Crippen LogP contribution in [0.2, 0.25) is 0 Å². The fourth-order valence-corrected chi connectivity index (χ4v) is 3.19. The van der Waals surface area contributed by atoms with Gasteiger partial charge in [0, 0.05) is 29.9 Å². The number of nitrogens with one attached hydrogen (secondary N) is 1. The second-order valence-electron chi connectivity index (χ2n) is 6.93. The van der Waals surface area contributed by atoms with Crippen LogP contribution in [0.3, 0.4) is 0 Å². The molecule has 3 aromatic heterocycles. The van der Waals surface area contributed by atoms with Gasteiger partial charge in [0.25, 0.3) is 5.69 Å². The van der Waals surface area contributed by atoms with Gasteiger partial charge in [-0.2, -0.15) is 10.1 Å². The molecule has 30 heavy (non-hydrogen) atoms. The first-order valence-electron chi connectivity index (χ1n) is 9.08. The largest absolute Gasteiger partial charge is 0.391 e. The Morgan fingerprint density at radius 2 is 2.13 bits per heavy atom. The minimum atomic E-state index is -0.638. The van der Waals surface area contributed by atoms with E-state index in [9.17, 15) is 19.6 Å². The average Bonchev–Trinajstić information content (AvgIpc) is 3.26. The fraction of sp³-hybridized carbons (Fsp3) is 0.211. The molecule has 0 aliphatic heterocycles. The van der Waals surface area contributed by atoms with Crippen LogP contribution in [0, 0.1) is 22.9 Å². The molecule has 1 aromatic carbocycles. The monoisotopic (exact) mass is 411 g/mol. The minimum Gasteiger partial charge on any atom is -0.391 e. The number of nitro benzene ring substituents is 1. The van der Waals surface area contributed by atoms with E-state index in [0.29, 0.717) is 23.1 Å². The van der Waals surface area contributed by atoms with E-state index in [0.717, 1.165) is 11.8 Å². The van der Waals surface area contributed by atoms with Crippen LogP contribution in [-0.4, -0.2) is 40.4 Å². The maximum Gasteiger partial charge on any atom is 0.270 e. The predicted molar refractivity (Wildman–Crippen MR) is 107 cm³/mol. The maximum absolute atomic E-state index is 14.6. The predicted octanol–water partition coefficient (Wildman–Crippen LogP) is 3.10. The van der Waals surface area contributed by atoms with Gasteiger partial charge in [-0.15, -0.1) is 0 Å². The third-order valence-corrected chi connectivity index (χ3v) is 4.49. The number of aliphatic hydroxyl groups excluding tert-OH is 1. The van der Waals surface area contributed by atoms with E-state index in [4.69, 9.17) is 0 Å². The lowest BCUT2D eigenvalue weighted by Gasteiger charge is -2.08. The van der Waals surface area contributed by atoms with E-state index in [1.807, 2.05) is 0 Å². The summed E-state index contributed by atoms with van der Waals surface area (Å²) in [6.45, 7) is 3.78. The molecule has 4 rings (SSSR count). The molecule has 0 aliphatic carbocycles. The number of nitrogens with zero attached hydrogens (tertiary/aromatic N) is 6. The summed E-state index contributed by atoms with van der Waals surface area (Å²) in [7, 11) is 0. The molecule has 0 saturated heterocycles. The van der Waals surface area contributed by atoms with Gasteiger partial charge in [0.2, 0.25) is 5.95 Å². The van der Waals surface area contributed by atoms with Crippen molar-refractivity contribution in [2.45, 2.75) is 26.5 Å². The summed E-state index contributed by atoms with van der Waals surface area (Å²) >= 11 is 0. The Morgan fingerprint density at radius 3 is 2.87 bits per heavy atom. The Labute approximate surface area is 169 Å². The molecule has 0 radical (unpaired) electrons. The molecule has 0 bridgehead atoms. The van der Waals surface area contributed by atoms with Crippen LogP contribution in [0.15, 0.2) is 43.0 Å². The summed E-state index contributed by atoms with van der Waals surface area (Å²) in [5, 5.41) is 28.2. The van der Waals surface area contributed by atoms with E-state index in [1.165, 1.54) is 16.7 Å². The summed E-state index contributed by atoms with van der Waals surface area (Å²) < 4.78 is 17.7. The summed E-state index contributed by atoms with van der Waals surface area (Å²) in [5.74, 6) is -0.471. The number of halogens is 1. The van der Waals surface area contributed by atoms with Gasteiger partial charge in [-0.3, -0.25) is 19.4 Å². The molecule has 0 fully saturated rings. The number of fused-ring (bicyclic) bond motifs is 1. The van der Waals surface area contributed by atoms with Gasteiger partial charge >= 0.3 is 0 Å². The molecule has 1 unspecified atom stereocenters. The zero-order valence-corrected chi connectivity index (χ0v) is 16.2. The van der Waals surface area contributed by atoms with Crippen LogP contribution in [0.5, 0.6) is 0 Å². The van der Waals surface area contributed by atoms with Crippen molar-refractivity contribution in [3.63, 3.8) is 0 Å². The first-order valence-corrected chi connectivity index (χ1v) is 9.08. The highest BCUT2D eigenvalue weighted by Crippen LogP contribution is 2.28. The molecule has 0 amide bonds. The standard InChI is InChI=1S/C19H18FN7O3/c1-11-8-26(17-4-3-14(27(29)30)5-15(11)17)18-16(20)7-21-19(24-18)23-13-6-22-25(10-13)9-12(2)28/h3-8,10,12,28H,9H2,1-2H3,(H,21,23,24). The Morgan fingerprint density at radius 1 is 1.33 bits per heavy atom. The van der Waals surface area contributed by atoms with Crippen LogP contribution in [0.4, 0.5) is 21.7 Å². The zero-order chi connectivity index (χ0) is 21.4. The number of non-ortho nitro benzene ring substituents is 1. The van der Waals surface area contributed by atoms with Crippen LogP contribution in [-0.2, 0) is 6.54 Å². The number of hydrogen-bond donors (Lipinski definition) is 2. The van der Waals surface area contributed by atoms with Gasteiger partial charge in [0.15, 0.2) is 11.6 Å². The van der Waals surface area contributed by atoms with Crippen molar-refractivity contribution in [2.24, 2.45) is 0 Å². The number of hydrogen-bond acceptors (Lipinski definition) is 7. The summed E-state index contributed by atoms with van der Waals surface area (Å²) in [6, 6.07) is 4.39. The molecule has 1 atom stereocenters. The highest BCUT2D eigenvalue weighted by Gasteiger charge is 2.17. The molecule has 10 nitrogen and oxygen atoms in total. The smallest absolute Gasteiger partial charge is 0.270 e. The van der Waals surface area contributed by atoms with E-state index in [1.54, 1.807) is 43.2 Å². The third-order valence-electron chi connectivity index (χ3n) is 4.49. The Kier molecular flexibility index (Phi) is 4.88. The van der Waals surface area contributed by atoms with Gasteiger partial charge in [0.05, 0.1) is 41.2 Å². The Bertz CT molecular complexity index is 1250. The third kappa shape index (κ3) is 3.70. The van der Waals surface area contributed by atoms with Crippen molar-refractivity contribution in [2.75, 3.05) is 5.32 Å². The molecule has 2 N–H and O–H groups in total. The van der Waals surface area contributed by atoms with Crippen molar-refractivity contribution < 1.29 is 14.4 Å². The molecule has 0 saturated carbocycles. The second-order valence-corrected chi connectivity index (χ2v) is 6.93. The van der Waals surface area contributed by atoms with E-state index < -0.39 is 16.8 Å². The van der Waals surface area contributed by atoms with Crippen molar-refractivity contribution in [3.05, 3.63) is 64.5 Å². The lowest BCUT2D eigenvalue weighted by Crippen LogP contribution is -2.11. The van der Waals surface area contributed by atoms with Crippen molar-refractivity contribution in [1.29, 1.82) is 0 Å². The Balaban J connectivity index is 1.70. The zero-order valence-electron chi connectivity index (χ0n) is 16.2. The summed E-state index contributed by atoms with van der Waals surface area (Å²) in [6.07, 6.45) is 5.39. The van der Waals surface area contributed by atoms with Gasteiger partial charge in [0.1, 0.15) is 0 Å². The average molecular weight is 411 g/mol. The summed E-state index contributed by atoms with van der Waals surface area (Å²) in [5.41, 5.74) is 1.88. The molecular weight excluding hydrogens is 393 g/mol. The number of nitro groups is 1. The first kappa shape index (κ1) is 19.5. The molecule has 154 valence electrons. The normalized spacial score (nSPS) is 12.3. The van der Waals surface area contributed by atoms with Crippen molar-refractivity contribution in [1.82, 2.24) is 24.3 Å². The minimum absolute atomic E-state index is 0.0100. The quantitative estimate of drug-likeness (QED) is 0.369. The van der Waals surface area contributed by atoms with Crippen molar-refractivity contribution in [3.8, 4) is 5.82 Å². The Hall–Kier alpha value is -3.86. The number of benzene rings is 1. The van der Waals surface area contributed by atoms with Gasteiger partial charge < -0.3 is 10.4 Å². The van der Waals surface area contributed by atoms with Crippen LogP contribution < -0.4 is 5.32 Å². The highest BCUT2D eigenvalue weighted by molar-refractivity contribution is 5.87. The second kappa shape index (κ2) is 7.52. The topological polar surface area (TPSA) is 124 Å². The molecule has 3 heterocycles. The molecule has 0 aliphatic rings. The molecule has 11 heteroatoms. The SMILES string of the molecule is Cc1cn(-c2nc(Nc3cnn(CC(C)O)c3)ncc2F)c2ccc([N+](=O)[O-])cc12. The maximum atomic E-state index is 14.6. The fourth-order valence-electron chi connectivity index (χ4n) is 3.19. The number of anilines is 2. The number of rotatable bonds is 6. The highest BCUT2D eigenvalue weighted by atomic mass is 19.1. The number of aliphatic hydroxyl groups is 1. The number of aromatic nitrogens is 5. The molecular formula is C19H18FN7O3. The summed E-state index contributed by atoms with van der Waals surface area (Å²) in [4.78, 5) is 18.8. The molecule has 4 aromatic rings. The van der Waals surface area contributed by atoms with Crippen LogP contribution in [0.25, 0.3) is 16.7 Å². The van der Waals surface area contributed by atoms with Crippen molar-refractivity contribution >= 4 is 28.2 Å².